The number of amides is 1. The van der Waals surface area contributed by atoms with Gasteiger partial charge in [0.1, 0.15) is 24.1 Å². The fraction of sp³-hybridized carbons (Fsp3) is 0.645. The summed E-state index contributed by atoms with van der Waals surface area (Å²) in [6.45, 7) is 3.41. The van der Waals surface area contributed by atoms with E-state index >= 15 is 0 Å². The molecular weight excluding hydrogens is 609 g/mol. The summed E-state index contributed by atoms with van der Waals surface area (Å²) in [5.41, 5.74) is 1.06. The normalized spacial score (nSPS) is 18.8. The van der Waals surface area contributed by atoms with E-state index in [4.69, 9.17) is 21.4 Å². The highest BCUT2D eigenvalue weighted by atomic mass is 35.5. The molecule has 250 valence electrons. The maximum atomic E-state index is 14.8. The van der Waals surface area contributed by atoms with Crippen molar-refractivity contribution < 1.29 is 39.5 Å². The van der Waals surface area contributed by atoms with Gasteiger partial charge in [0.15, 0.2) is 0 Å². The van der Waals surface area contributed by atoms with Gasteiger partial charge in [-0.3, -0.25) is 4.79 Å². The zero-order valence-corrected chi connectivity index (χ0v) is 26.1. The van der Waals surface area contributed by atoms with Gasteiger partial charge in [-0.05, 0) is 48.8 Å². The minimum absolute atomic E-state index is 0.0357. The molecule has 0 bridgehead atoms. The van der Waals surface area contributed by atoms with Gasteiger partial charge in [0, 0.05) is 51.8 Å². The molecule has 0 spiro atoms. The number of carbonyl (C=O) groups is 1. The van der Waals surface area contributed by atoms with Gasteiger partial charge < -0.3 is 45.4 Å². The minimum atomic E-state index is -1.67. The number of hydrogen-bond acceptors (Lipinski definition) is 11. The lowest BCUT2D eigenvalue weighted by Crippen LogP contribution is -2.55. The van der Waals surface area contributed by atoms with Crippen LogP contribution in [0.5, 0.6) is 0 Å². The van der Waals surface area contributed by atoms with Crippen LogP contribution in [0.25, 0.3) is 0 Å². The average molecular weight is 654 g/mol. The first-order valence-corrected chi connectivity index (χ1v) is 15.9. The summed E-state index contributed by atoms with van der Waals surface area (Å²) in [6.07, 6.45) is 1.17. The Labute approximate surface area is 267 Å². The third-order valence-electron chi connectivity index (χ3n) is 8.55. The molecule has 1 aromatic carbocycles. The number of ether oxygens (including phenoxy) is 1. The van der Waals surface area contributed by atoms with Crippen molar-refractivity contribution >= 4 is 23.5 Å². The molecule has 2 aliphatic rings. The van der Waals surface area contributed by atoms with E-state index in [-0.39, 0.29) is 24.8 Å². The number of rotatable bonds is 17. The predicted octanol–water partition coefficient (Wildman–Crippen LogP) is 0.509. The molecule has 2 fully saturated rings. The van der Waals surface area contributed by atoms with Gasteiger partial charge in [0.2, 0.25) is 11.9 Å². The monoisotopic (exact) mass is 653 g/mol. The summed E-state index contributed by atoms with van der Waals surface area (Å²) in [5, 5.41) is 51.2. The zero-order valence-electron chi connectivity index (χ0n) is 25.3. The molecule has 6 N–H and O–H groups in total. The van der Waals surface area contributed by atoms with Gasteiger partial charge in [-0.15, -0.1) is 0 Å². The summed E-state index contributed by atoms with van der Waals surface area (Å²) in [5.74, 6) is 0.881. The molecule has 0 unspecified atom stereocenters. The van der Waals surface area contributed by atoms with E-state index in [0.717, 1.165) is 50.3 Å². The molecular formula is C31H45ClFN5O7. The molecule has 4 atom stereocenters. The van der Waals surface area contributed by atoms with Gasteiger partial charge in [0.05, 0.1) is 43.2 Å². The van der Waals surface area contributed by atoms with E-state index in [9.17, 15) is 29.6 Å². The summed E-state index contributed by atoms with van der Waals surface area (Å²) in [6, 6.07) is 4.85. The molecule has 12 nitrogen and oxygen atoms in total. The Bertz CT molecular complexity index is 1200. The lowest BCUT2D eigenvalue weighted by Gasteiger charge is -2.39. The highest BCUT2D eigenvalue weighted by molar-refractivity contribution is 6.30. The Morgan fingerprint density at radius 2 is 1.76 bits per heavy atom. The summed E-state index contributed by atoms with van der Waals surface area (Å²) in [4.78, 5) is 25.1. The number of anilines is 1. The number of aliphatic hydroxyl groups is 5. The van der Waals surface area contributed by atoms with Crippen LogP contribution in [0.4, 0.5) is 10.3 Å². The Hall–Kier alpha value is -2.49. The van der Waals surface area contributed by atoms with Crippen LogP contribution in [0.15, 0.2) is 30.6 Å². The van der Waals surface area contributed by atoms with Crippen LogP contribution in [-0.4, -0.2) is 123 Å². The molecule has 1 aromatic heterocycles. The Kier molecular flexibility index (Phi) is 13.7. The van der Waals surface area contributed by atoms with Crippen LogP contribution in [0.1, 0.15) is 36.8 Å². The van der Waals surface area contributed by atoms with Crippen molar-refractivity contribution in [2.75, 3.05) is 57.4 Å². The minimum Gasteiger partial charge on any atom is -0.394 e. The lowest BCUT2D eigenvalue weighted by molar-refractivity contribution is -0.136. The number of halogens is 2. The number of piperidine rings is 1. The molecule has 0 radical (unpaired) electrons. The number of carbonyl (C=O) groups excluding carboxylic acids is 1. The van der Waals surface area contributed by atoms with Crippen LogP contribution in [-0.2, 0) is 22.6 Å². The molecule has 0 saturated carbocycles. The standard InChI is InChI=1S/C31H45ClFN5O7/c32-24-13-35-31(36-14-24)37-7-5-20(6-8-37)2-1-9-45-19-21-3-4-23(25(33)10-21)11-28(42)38-16-22(17-38)12-34-15-26(40)29(43)30(44)27(41)18-39/h3-4,10,13-14,20,22,26-27,29-30,34,39-41,43-44H,1-2,5-9,11-12,15-19H2/t26-,27+,29+,30+/m0/s1. The van der Waals surface area contributed by atoms with Crippen molar-refractivity contribution in [2.24, 2.45) is 11.8 Å². The molecule has 14 heteroatoms. The third-order valence-corrected chi connectivity index (χ3v) is 8.75. The number of hydrogen-bond donors (Lipinski definition) is 6. The van der Waals surface area contributed by atoms with E-state index in [0.29, 0.717) is 49.4 Å². The van der Waals surface area contributed by atoms with Gasteiger partial charge in [-0.1, -0.05) is 23.7 Å². The fourth-order valence-electron chi connectivity index (χ4n) is 5.68. The van der Waals surface area contributed by atoms with Gasteiger partial charge in [-0.25, -0.2) is 14.4 Å². The summed E-state index contributed by atoms with van der Waals surface area (Å²) < 4.78 is 20.6. The highest BCUT2D eigenvalue weighted by Crippen LogP contribution is 2.25. The van der Waals surface area contributed by atoms with E-state index in [1.54, 1.807) is 29.4 Å². The van der Waals surface area contributed by atoms with Gasteiger partial charge in [0.25, 0.3) is 0 Å². The van der Waals surface area contributed by atoms with Crippen molar-refractivity contribution in [3.63, 3.8) is 0 Å². The van der Waals surface area contributed by atoms with Crippen molar-refractivity contribution in [2.45, 2.75) is 63.1 Å². The zero-order chi connectivity index (χ0) is 32.3. The maximum Gasteiger partial charge on any atom is 0.227 e. The number of aliphatic hydroxyl groups excluding tert-OH is 5. The second-order valence-corrected chi connectivity index (χ2v) is 12.5. The van der Waals surface area contributed by atoms with E-state index in [1.807, 2.05) is 0 Å². The topological polar surface area (TPSA) is 172 Å². The van der Waals surface area contributed by atoms with Crippen LogP contribution < -0.4 is 10.2 Å². The van der Waals surface area contributed by atoms with Crippen LogP contribution in [0.2, 0.25) is 5.02 Å². The summed E-state index contributed by atoms with van der Waals surface area (Å²) >= 11 is 5.88. The molecule has 3 heterocycles. The first kappa shape index (κ1) is 35.4. The SMILES string of the molecule is O=C(Cc1ccc(COCCCC2CCN(c3ncc(Cl)cn3)CC2)cc1F)N1CC(CNC[C@H](O)[C@@H](O)[C@H](O)[C@H](O)CO)C1. The molecule has 2 aromatic rings. The second kappa shape index (κ2) is 17.4. The lowest BCUT2D eigenvalue weighted by atomic mass is 9.92. The van der Waals surface area contributed by atoms with E-state index < -0.39 is 36.8 Å². The van der Waals surface area contributed by atoms with Crippen molar-refractivity contribution in [3.8, 4) is 0 Å². The van der Waals surface area contributed by atoms with Crippen LogP contribution in [0, 0.1) is 17.7 Å². The Morgan fingerprint density at radius 1 is 1.07 bits per heavy atom. The Balaban J connectivity index is 1.06. The molecule has 2 aliphatic heterocycles. The van der Waals surface area contributed by atoms with Crippen LogP contribution >= 0.6 is 11.6 Å². The van der Waals surface area contributed by atoms with Crippen molar-refractivity contribution in [1.29, 1.82) is 0 Å². The van der Waals surface area contributed by atoms with Crippen LogP contribution in [0.3, 0.4) is 0 Å². The third kappa shape index (κ3) is 10.5. The first-order valence-electron chi connectivity index (χ1n) is 15.5. The quantitative estimate of drug-likeness (QED) is 0.131. The number of aromatic nitrogens is 2. The maximum absolute atomic E-state index is 14.8. The van der Waals surface area contributed by atoms with Gasteiger partial charge in [-0.2, -0.15) is 0 Å². The molecule has 1 amide bonds. The van der Waals surface area contributed by atoms with Crippen molar-refractivity contribution in [3.05, 3.63) is 52.6 Å². The van der Waals surface area contributed by atoms with E-state index in [2.05, 4.69) is 20.2 Å². The molecule has 45 heavy (non-hydrogen) atoms. The van der Waals surface area contributed by atoms with Gasteiger partial charge >= 0.3 is 0 Å². The highest BCUT2D eigenvalue weighted by Gasteiger charge is 2.32. The predicted molar refractivity (Wildman–Crippen MR) is 165 cm³/mol. The number of benzene rings is 1. The fourth-order valence-corrected chi connectivity index (χ4v) is 5.77. The summed E-state index contributed by atoms with van der Waals surface area (Å²) in [7, 11) is 0. The largest absolute Gasteiger partial charge is 0.394 e. The number of nitrogens with zero attached hydrogens (tertiary/aromatic N) is 4. The number of likely N-dealkylation sites (tertiary alicyclic amines) is 1. The van der Waals surface area contributed by atoms with E-state index in [1.165, 1.54) is 6.07 Å². The molecule has 0 aliphatic carbocycles. The Morgan fingerprint density at radius 3 is 2.42 bits per heavy atom. The smallest absolute Gasteiger partial charge is 0.227 e. The van der Waals surface area contributed by atoms with Crippen molar-refractivity contribution in [1.82, 2.24) is 20.2 Å². The molecule has 2 saturated heterocycles. The second-order valence-electron chi connectivity index (χ2n) is 12.1. The number of nitrogens with one attached hydrogen (secondary N) is 1. The average Bonchev–Trinajstić information content (AvgIpc) is 3.02. The molecule has 4 rings (SSSR count). The first-order chi connectivity index (χ1) is 21.6.